The first-order valence-electron chi connectivity index (χ1n) is 9.09. The molecule has 8 heteroatoms. The summed E-state index contributed by atoms with van der Waals surface area (Å²) in [5.74, 6) is -0.441. The molecule has 2 aromatic rings. The van der Waals surface area contributed by atoms with E-state index in [1.165, 1.54) is 18.7 Å². The molecular formula is C21H24N2O5S. The summed E-state index contributed by atoms with van der Waals surface area (Å²) in [7, 11) is 1.56. The zero-order chi connectivity index (χ0) is 21.2. The fourth-order valence-corrected chi connectivity index (χ4v) is 3.24. The summed E-state index contributed by atoms with van der Waals surface area (Å²) < 4.78 is 10.4. The SMILES string of the molecule is CCNC(=O)[C@@H](C)OC(=O)c1ccccc1SCC(=O)Nc1cccc(OC)c1. The molecule has 0 bridgehead atoms. The van der Waals surface area contributed by atoms with Crippen molar-refractivity contribution in [3.63, 3.8) is 0 Å². The number of esters is 1. The highest BCUT2D eigenvalue weighted by molar-refractivity contribution is 8.00. The van der Waals surface area contributed by atoms with Gasteiger partial charge in [0.25, 0.3) is 5.91 Å². The Morgan fingerprint density at radius 1 is 1.10 bits per heavy atom. The van der Waals surface area contributed by atoms with Gasteiger partial charge in [-0.25, -0.2) is 4.79 Å². The maximum Gasteiger partial charge on any atom is 0.340 e. The maximum absolute atomic E-state index is 12.5. The molecule has 0 radical (unpaired) electrons. The van der Waals surface area contributed by atoms with Gasteiger partial charge < -0.3 is 20.1 Å². The minimum atomic E-state index is -0.906. The van der Waals surface area contributed by atoms with Crippen molar-refractivity contribution in [1.82, 2.24) is 5.32 Å². The first kappa shape index (κ1) is 22.3. The number of hydrogen-bond acceptors (Lipinski definition) is 6. The van der Waals surface area contributed by atoms with Crippen molar-refractivity contribution in [2.24, 2.45) is 0 Å². The number of rotatable bonds is 9. The molecule has 0 aliphatic rings. The molecule has 0 spiro atoms. The van der Waals surface area contributed by atoms with Gasteiger partial charge in [-0.05, 0) is 38.1 Å². The molecule has 0 unspecified atom stereocenters. The molecule has 2 N–H and O–H groups in total. The Balaban J connectivity index is 1.98. The Morgan fingerprint density at radius 3 is 2.59 bits per heavy atom. The number of carbonyl (C=O) groups excluding carboxylic acids is 3. The van der Waals surface area contributed by atoms with E-state index in [4.69, 9.17) is 9.47 Å². The summed E-state index contributed by atoms with van der Waals surface area (Å²) >= 11 is 1.21. The summed E-state index contributed by atoms with van der Waals surface area (Å²) in [5, 5.41) is 5.39. The minimum Gasteiger partial charge on any atom is -0.497 e. The second kappa shape index (κ2) is 11.1. The lowest BCUT2D eigenvalue weighted by atomic mass is 10.2. The number of nitrogens with one attached hydrogen (secondary N) is 2. The fourth-order valence-electron chi connectivity index (χ4n) is 2.40. The van der Waals surface area contributed by atoms with Crippen LogP contribution >= 0.6 is 11.8 Å². The third-order valence-corrected chi connectivity index (χ3v) is 4.90. The van der Waals surface area contributed by atoms with E-state index >= 15 is 0 Å². The van der Waals surface area contributed by atoms with E-state index in [0.717, 1.165) is 0 Å². The first-order valence-corrected chi connectivity index (χ1v) is 10.1. The average molecular weight is 416 g/mol. The lowest BCUT2D eigenvalue weighted by molar-refractivity contribution is -0.129. The van der Waals surface area contributed by atoms with Crippen LogP contribution in [-0.4, -0.2) is 43.3 Å². The van der Waals surface area contributed by atoms with Crippen LogP contribution in [-0.2, 0) is 14.3 Å². The highest BCUT2D eigenvalue weighted by atomic mass is 32.2. The van der Waals surface area contributed by atoms with Crippen molar-refractivity contribution < 1.29 is 23.9 Å². The quantitative estimate of drug-likeness (QED) is 0.482. The number of carbonyl (C=O) groups is 3. The smallest absolute Gasteiger partial charge is 0.340 e. The second-order valence-electron chi connectivity index (χ2n) is 6.01. The van der Waals surface area contributed by atoms with Crippen LogP contribution in [0.3, 0.4) is 0 Å². The Labute approximate surface area is 174 Å². The zero-order valence-electron chi connectivity index (χ0n) is 16.6. The largest absolute Gasteiger partial charge is 0.497 e. The molecule has 2 aromatic carbocycles. The van der Waals surface area contributed by atoms with Crippen molar-refractivity contribution >= 4 is 35.2 Å². The standard InChI is InChI=1S/C21H24N2O5S/c1-4-22-20(25)14(2)28-21(26)17-10-5-6-11-18(17)29-13-19(24)23-15-8-7-9-16(12-15)27-3/h5-12,14H,4,13H2,1-3H3,(H,22,25)(H,23,24)/t14-/m1/s1. The molecule has 0 aliphatic heterocycles. The number of anilines is 1. The predicted octanol–water partition coefficient (Wildman–Crippen LogP) is 3.11. The highest BCUT2D eigenvalue weighted by Crippen LogP contribution is 2.24. The van der Waals surface area contributed by atoms with E-state index in [0.29, 0.717) is 28.4 Å². The van der Waals surface area contributed by atoms with Gasteiger partial charge in [-0.3, -0.25) is 9.59 Å². The van der Waals surface area contributed by atoms with Crippen LogP contribution in [0.25, 0.3) is 0 Å². The zero-order valence-corrected chi connectivity index (χ0v) is 17.4. The van der Waals surface area contributed by atoms with Crippen molar-refractivity contribution in [2.75, 3.05) is 24.7 Å². The van der Waals surface area contributed by atoms with Crippen molar-refractivity contribution in [3.05, 3.63) is 54.1 Å². The van der Waals surface area contributed by atoms with Crippen molar-refractivity contribution in [1.29, 1.82) is 0 Å². The Kier molecular flexibility index (Phi) is 8.54. The molecule has 0 saturated heterocycles. The van der Waals surface area contributed by atoms with Crippen LogP contribution < -0.4 is 15.4 Å². The van der Waals surface area contributed by atoms with Gasteiger partial charge in [0.15, 0.2) is 6.10 Å². The highest BCUT2D eigenvalue weighted by Gasteiger charge is 2.20. The molecule has 0 heterocycles. The van der Waals surface area contributed by atoms with Crippen molar-refractivity contribution in [3.8, 4) is 5.75 Å². The normalized spacial score (nSPS) is 11.3. The number of methoxy groups -OCH3 is 1. The summed E-state index contributed by atoms with van der Waals surface area (Å²) in [5.41, 5.74) is 0.932. The third kappa shape index (κ3) is 6.83. The molecule has 0 aromatic heterocycles. The lowest BCUT2D eigenvalue weighted by Gasteiger charge is -2.14. The number of ether oxygens (including phenoxy) is 2. The molecule has 29 heavy (non-hydrogen) atoms. The van der Waals surface area contributed by atoms with Crippen LogP contribution in [0.15, 0.2) is 53.4 Å². The van der Waals surface area contributed by atoms with Gasteiger partial charge in [-0.1, -0.05) is 18.2 Å². The average Bonchev–Trinajstić information content (AvgIpc) is 2.72. The second-order valence-corrected chi connectivity index (χ2v) is 7.02. The summed E-state index contributed by atoms with van der Waals surface area (Å²) in [4.78, 5) is 37.1. The first-order chi connectivity index (χ1) is 13.9. The molecule has 2 rings (SSSR count). The van der Waals surface area contributed by atoms with E-state index in [-0.39, 0.29) is 17.6 Å². The number of likely N-dealkylation sites (N-methyl/N-ethyl adjacent to an activating group) is 1. The molecular weight excluding hydrogens is 392 g/mol. The lowest BCUT2D eigenvalue weighted by Crippen LogP contribution is -2.35. The Hall–Kier alpha value is -3.00. The fraction of sp³-hybridized carbons (Fsp3) is 0.286. The van der Waals surface area contributed by atoms with E-state index < -0.39 is 12.1 Å². The van der Waals surface area contributed by atoms with Crippen LogP contribution in [0.1, 0.15) is 24.2 Å². The van der Waals surface area contributed by atoms with Gasteiger partial charge >= 0.3 is 5.97 Å². The molecule has 2 amide bonds. The molecule has 1 atom stereocenters. The predicted molar refractivity (Wildman–Crippen MR) is 112 cm³/mol. The van der Waals surface area contributed by atoms with E-state index in [2.05, 4.69) is 10.6 Å². The third-order valence-electron chi connectivity index (χ3n) is 3.82. The van der Waals surface area contributed by atoms with Gasteiger partial charge in [0.2, 0.25) is 5.91 Å². The van der Waals surface area contributed by atoms with Gasteiger partial charge in [-0.2, -0.15) is 0 Å². The number of amides is 2. The minimum absolute atomic E-state index is 0.105. The van der Waals surface area contributed by atoms with Gasteiger partial charge in [0, 0.05) is 23.2 Å². The molecule has 0 aliphatic carbocycles. The van der Waals surface area contributed by atoms with Gasteiger partial charge in [0.1, 0.15) is 5.75 Å². The Morgan fingerprint density at radius 2 is 1.86 bits per heavy atom. The van der Waals surface area contributed by atoms with Crippen LogP contribution in [0.5, 0.6) is 5.75 Å². The van der Waals surface area contributed by atoms with Crippen molar-refractivity contribution in [2.45, 2.75) is 24.8 Å². The monoisotopic (exact) mass is 416 g/mol. The summed E-state index contributed by atoms with van der Waals surface area (Å²) in [6.45, 7) is 3.75. The Bertz CT molecular complexity index is 872. The number of thioether (sulfide) groups is 1. The van der Waals surface area contributed by atoms with E-state index in [9.17, 15) is 14.4 Å². The van der Waals surface area contributed by atoms with E-state index in [1.807, 2.05) is 0 Å². The van der Waals surface area contributed by atoms with Crippen LogP contribution in [0.2, 0.25) is 0 Å². The van der Waals surface area contributed by atoms with Crippen LogP contribution in [0.4, 0.5) is 5.69 Å². The molecule has 0 saturated carbocycles. The molecule has 7 nitrogen and oxygen atoms in total. The maximum atomic E-state index is 12.5. The van der Waals surface area contributed by atoms with E-state index in [1.54, 1.807) is 62.6 Å². The topological polar surface area (TPSA) is 93.7 Å². The molecule has 154 valence electrons. The summed E-state index contributed by atoms with van der Waals surface area (Å²) in [6, 6.07) is 13.9. The summed E-state index contributed by atoms with van der Waals surface area (Å²) in [6.07, 6.45) is -0.906. The van der Waals surface area contributed by atoms with Gasteiger partial charge in [-0.15, -0.1) is 11.8 Å². The van der Waals surface area contributed by atoms with Crippen LogP contribution in [0, 0.1) is 0 Å². The number of hydrogen-bond donors (Lipinski definition) is 2. The molecule has 0 fully saturated rings. The van der Waals surface area contributed by atoms with Gasteiger partial charge in [0.05, 0.1) is 18.4 Å². The number of benzene rings is 2.